The predicted octanol–water partition coefficient (Wildman–Crippen LogP) is 0.491. The highest BCUT2D eigenvalue weighted by molar-refractivity contribution is 4.89. The van der Waals surface area contributed by atoms with Crippen molar-refractivity contribution in [2.45, 2.75) is 44.7 Å². The molecule has 2 unspecified atom stereocenters. The molecule has 0 fully saturated rings. The molecule has 15 heavy (non-hydrogen) atoms. The van der Waals surface area contributed by atoms with Crippen molar-refractivity contribution >= 4 is 0 Å². The summed E-state index contributed by atoms with van der Waals surface area (Å²) in [5, 5.41) is 12.3. The Morgan fingerprint density at radius 3 is 2.60 bits per heavy atom. The molecule has 4 N–H and O–H groups in total. The van der Waals surface area contributed by atoms with Crippen LogP contribution in [0.3, 0.4) is 0 Å². The third kappa shape index (κ3) is 5.47. The molecule has 0 heterocycles. The first-order chi connectivity index (χ1) is 7.14. The fourth-order valence-corrected chi connectivity index (χ4v) is 1.78. The van der Waals surface area contributed by atoms with Gasteiger partial charge in [-0.25, -0.2) is 0 Å². The molecule has 0 aliphatic rings. The van der Waals surface area contributed by atoms with Crippen LogP contribution >= 0.6 is 0 Å². The Kier molecular flexibility index (Phi) is 7.96. The van der Waals surface area contributed by atoms with E-state index < -0.39 is 0 Å². The standard InChI is InChI=1S/C11H26N2O2/c1-4-11(8-12,9-15-3)13-10(2)6-5-7-14/h10,13-14H,4-9,12H2,1-3H3. The first-order valence-electron chi connectivity index (χ1n) is 5.71. The molecule has 0 saturated carbocycles. The van der Waals surface area contributed by atoms with Gasteiger partial charge in [0.2, 0.25) is 0 Å². The molecule has 4 nitrogen and oxygen atoms in total. The number of nitrogens with one attached hydrogen (secondary N) is 1. The molecule has 0 rings (SSSR count). The van der Waals surface area contributed by atoms with E-state index >= 15 is 0 Å². The lowest BCUT2D eigenvalue weighted by Crippen LogP contribution is -2.57. The highest BCUT2D eigenvalue weighted by Gasteiger charge is 2.27. The SMILES string of the molecule is CCC(CN)(COC)NC(C)CCCO. The van der Waals surface area contributed by atoms with E-state index in [0.717, 1.165) is 19.3 Å². The maximum Gasteiger partial charge on any atom is 0.0656 e. The average molecular weight is 218 g/mol. The molecular weight excluding hydrogens is 192 g/mol. The van der Waals surface area contributed by atoms with E-state index in [-0.39, 0.29) is 12.1 Å². The molecule has 92 valence electrons. The second-order valence-corrected chi connectivity index (χ2v) is 4.18. The molecule has 0 amide bonds. The van der Waals surface area contributed by atoms with Crippen molar-refractivity contribution in [2.75, 3.05) is 26.9 Å². The van der Waals surface area contributed by atoms with E-state index in [1.807, 2.05) is 0 Å². The zero-order valence-electron chi connectivity index (χ0n) is 10.3. The summed E-state index contributed by atoms with van der Waals surface area (Å²) in [4.78, 5) is 0. The van der Waals surface area contributed by atoms with Crippen molar-refractivity contribution in [3.63, 3.8) is 0 Å². The van der Waals surface area contributed by atoms with E-state index in [2.05, 4.69) is 19.2 Å². The second kappa shape index (κ2) is 8.05. The summed E-state index contributed by atoms with van der Waals surface area (Å²) >= 11 is 0. The zero-order valence-corrected chi connectivity index (χ0v) is 10.3. The van der Waals surface area contributed by atoms with Crippen molar-refractivity contribution in [3.05, 3.63) is 0 Å². The van der Waals surface area contributed by atoms with E-state index in [4.69, 9.17) is 15.6 Å². The van der Waals surface area contributed by atoms with Gasteiger partial charge in [-0.2, -0.15) is 0 Å². The summed E-state index contributed by atoms with van der Waals surface area (Å²) in [7, 11) is 1.69. The van der Waals surface area contributed by atoms with Gasteiger partial charge in [0, 0.05) is 26.3 Å². The molecule has 0 spiro atoms. The maximum absolute atomic E-state index is 8.75. The van der Waals surface area contributed by atoms with E-state index in [1.54, 1.807) is 7.11 Å². The molecule has 4 heteroatoms. The Morgan fingerprint density at radius 2 is 2.20 bits per heavy atom. The third-order valence-electron chi connectivity index (χ3n) is 2.84. The van der Waals surface area contributed by atoms with Gasteiger partial charge < -0.3 is 20.9 Å². The molecular formula is C11H26N2O2. The fourth-order valence-electron chi connectivity index (χ4n) is 1.78. The number of ether oxygens (including phenoxy) is 1. The fraction of sp³-hybridized carbons (Fsp3) is 1.00. The van der Waals surface area contributed by atoms with Crippen molar-refractivity contribution in [3.8, 4) is 0 Å². The Balaban J connectivity index is 4.13. The molecule has 0 radical (unpaired) electrons. The minimum Gasteiger partial charge on any atom is -0.396 e. The normalized spacial score (nSPS) is 17.4. The van der Waals surface area contributed by atoms with Crippen molar-refractivity contribution < 1.29 is 9.84 Å². The average Bonchev–Trinajstić information content (AvgIpc) is 2.25. The maximum atomic E-state index is 8.75. The zero-order chi connectivity index (χ0) is 11.7. The summed E-state index contributed by atoms with van der Waals surface area (Å²) in [6.07, 6.45) is 2.73. The molecule has 0 aliphatic heterocycles. The van der Waals surface area contributed by atoms with E-state index in [0.29, 0.717) is 19.2 Å². The van der Waals surface area contributed by atoms with Crippen LogP contribution in [0.4, 0.5) is 0 Å². The Bertz CT molecular complexity index is 150. The molecule has 0 aromatic heterocycles. The Hall–Kier alpha value is -0.160. The van der Waals surface area contributed by atoms with Crippen LogP contribution < -0.4 is 11.1 Å². The number of aliphatic hydroxyl groups is 1. The lowest BCUT2D eigenvalue weighted by atomic mass is 9.95. The molecule has 0 bridgehead atoms. The number of aliphatic hydroxyl groups excluding tert-OH is 1. The molecule has 0 saturated heterocycles. The predicted molar refractivity (Wildman–Crippen MR) is 62.9 cm³/mol. The highest BCUT2D eigenvalue weighted by atomic mass is 16.5. The van der Waals surface area contributed by atoms with Gasteiger partial charge in [-0.15, -0.1) is 0 Å². The first-order valence-corrected chi connectivity index (χ1v) is 5.71. The van der Waals surface area contributed by atoms with Crippen molar-refractivity contribution in [2.24, 2.45) is 5.73 Å². The van der Waals surface area contributed by atoms with Gasteiger partial charge in [0.25, 0.3) is 0 Å². The van der Waals surface area contributed by atoms with Crippen LogP contribution in [-0.2, 0) is 4.74 Å². The molecule has 2 atom stereocenters. The van der Waals surface area contributed by atoms with E-state index in [9.17, 15) is 0 Å². The summed E-state index contributed by atoms with van der Waals surface area (Å²) in [6.45, 7) is 5.67. The van der Waals surface area contributed by atoms with Gasteiger partial charge in [-0.05, 0) is 26.2 Å². The van der Waals surface area contributed by atoms with Crippen LogP contribution in [0, 0.1) is 0 Å². The van der Waals surface area contributed by atoms with Gasteiger partial charge in [-0.3, -0.25) is 0 Å². The topological polar surface area (TPSA) is 67.5 Å². The quantitative estimate of drug-likeness (QED) is 0.527. The Morgan fingerprint density at radius 1 is 1.53 bits per heavy atom. The van der Waals surface area contributed by atoms with E-state index in [1.165, 1.54) is 0 Å². The van der Waals surface area contributed by atoms with Gasteiger partial charge >= 0.3 is 0 Å². The molecule has 0 aromatic rings. The number of hydrogen-bond donors (Lipinski definition) is 3. The number of methoxy groups -OCH3 is 1. The van der Waals surface area contributed by atoms with Gasteiger partial charge in [0.1, 0.15) is 0 Å². The van der Waals surface area contributed by atoms with Gasteiger partial charge in [0.15, 0.2) is 0 Å². The monoisotopic (exact) mass is 218 g/mol. The van der Waals surface area contributed by atoms with Crippen LogP contribution in [0.15, 0.2) is 0 Å². The lowest BCUT2D eigenvalue weighted by Gasteiger charge is -2.35. The lowest BCUT2D eigenvalue weighted by molar-refractivity contribution is 0.101. The number of rotatable bonds is 9. The smallest absolute Gasteiger partial charge is 0.0656 e. The van der Waals surface area contributed by atoms with Crippen LogP contribution in [0.25, 0.3) is 0 Å². The summed E-state index contributed by atoms with van der Waals surface area (Å²) in [5.41, 5.74) is 5.67. The van der Waals surface area contributed by atoms with Crippen molar-refractivity contribution in [1.29, 1.82) is 0 Å². The van der Waals surface area contributed by atoms with Crippen LogP contribution in [0.1, 0.15) is 33.1 Å². The minimum absolute atomic E-state index is 0.121. The number of hydrogen-bond acceptors (Lipinski definition) is 4. The van der Waals surface area contributed by atoms with Crippen LogP contribution in [-0.4, -0.2) is 43.6 Å². The van der Waals surface area contributed by atoms with Crippen LogP contribution in [0.5, 0.6) is 0 Å². The highest BCUT2D eigenvalue weighted by Crippen LogP contribution is 2.12. The molecule has 0 aliphatic carbocycles. The molecule has 0 aromatic carbocycles. The third-order valence-corrected chi connectivity index (χ3v) is 2.84. The van der Waals surface area contributed by atoms with Gasteiger partial charge in [0.05, 0.1) is 12.1 Å². The number of nitrogens with two attached hydrogens (primary N) is 1. The Labute approximate surface area is 93.2 Å². The summed E-state index contributed by atoms with van der Waals surface area (Å²) in [5.74, 6) is 0. The minimum atomic E-state index is -0.121. The summed E-state index contributed by atoms with van der Waals surface area (Å²) in [6, 6.07) is 0.357. The van der Waals surface area contributed by atoms with Crippen molar-refractivity contribution in [1.82, 2.24) is 5.32 Å². The first kappa shape index (κ1) is 14.8. The largest absolute Gasteiger partial charge is 0.396 e. The second-order valence-electron chi connectivity index (χ2n) is 4.18. The summed E-state index contributed by atoms with van der Waals surface area (Å²) < 4.78 is 5.20. The van der Waals surface area contributed by atoms with Crippen LogP contribution in [0.2, 0.25) is 0 Å². The van der Waals surface area contributed by atoms with Gasteiger partial charge in [-0.1, -0.05) is 6.92 Å².